The highest BCUT2D eigenvalue weighted by Crippen LogP contribution is 2.44. The average molecular weight is 274 g/mol. The Kier molecular flexibility index (Phi) is 6.42. The second-order valence-electron chi connectivity index (χ2n) is 5.18. The van der Waals surface area contributed by atoms with E-state index in [0.717, 1.165) is 6.42 Å². The predicted octanol–water partition coefficient (Wildman–Crippen LogP) is 0.619. The zero-order valence-electron chi connectivity index (χ0n) is 12.0. The summed E-state index contributed by atoms with van der Waals surface area (Å²) < 4.78 is 10.9. The quantitative estimate of drug-likeness (QED) is 0.424. The van der Waals surface area contributed by atoms with Crippen LogP contribution in [0.15, 0.2) is 12.2 Å². The zero-order valence-corrected chi connectivity index (χ0v) is 12.0. The molecular formula is C14H26O5. The molecule has 0 bridgehead atoms. The molecule has 0 radical (unpaired) electrons. The van der Waals surface area contributed by atoms with E-state index >= 15 is 0 Å². The van der Waals surface area contributed by atoms with Crippen molar-refractivity contribution in [1.29, 1.82) is 0 Å². The molecule has 19 heavy (non-hydrogen) atoms. The maximum atomic E-state index is 10.1. The fourth-order valence-electron chi connectivity index (χ4n) is 2.38. The highest BCUT2D eigenvalue weighted by molar-refractivity contribution is 5.10. The van der Waals surface area contributed by atoms with E-state index < -0.39 is 23.9 Å². The summed E-state index contributed by atoms with van der Waals surface area (Å²) >= 11 is 0. The van der Waals surface area contributed by atoms with Gasteiger partial charge in [-0.3, -0.25) is 0 Å². The summed E-state index contributed by atoms with van der Waals surface area (Å²) in [6.45, 7) is 3.78. The molecule has 1 saturated heterocycles. The first-order valence-corrected chi connectivity index (χ1v) is 6.83. The van der Waals surface area contributed by atoms with Gasteiger partial charge in [-0.25, -0.2) is 0 Å². The molecule has 1 aliphatic heterocycles. The van der Waals surface area contributed by atoms with Crippen LogP contribution in [0.4, 0.5) is 0 Å². The number of hydrogen-bond donors (Lipinski definition) is 3. The fraction of sp³-hybridized carbons (Fsp3) is 0.857. The number of epoxide rings is 1. The maximum absolute atomic E-state index is 10.1. The van der Waals surface area contributed by atoms with Gasteiger partial charge < -0.3 is 24.8 Å². The third-order valence-electron chi connectivity index (χ3n) is 3.72. The van der Waals surface area contributed by atoms with E-state index in [0.29, 0.717) is 12.8 Å². The number of aliphatic hydroxyl groups excluding tert-OH is 3. The van der Waals surface area contributed by atoms with Gasteiger partial charge in [0.1, 0.15) is 17.8 Å². The maximum Gasteiger partial charge on any atom is 0.121 e. The number of hydrogen-bond acceptors (Lipinski definition) is 5. The van der Waals surface area contributed by atoms with Crippen LogP contribution in [-0.2, 0) is 9.47 Å². The second kappa shape index (κ2) is 7.36. The molecule has 0 saturated carbocycles. The van der Waals surface area contributed by atoms with Crippen LogP contribution in [0.5, 0.6) is 0 Å². The van der Waals surface area contributed by atoms with E-state index in [-0.39, 0.29) is 12.7 Å². The molecule has 1 heterocycles. The topological polar surface area (TPSA) is 82.5 Å². The number of methoxy groups -OCH3 is 1. The molecule has 0 spiro atoms. The summed E-state index contributed by atoms with van der Waals surface area (Å²) in [5.41, 5.74) is -0.685. The molecule has 0 aromatic rings. The van der Waals surface area contributed by atoms with Gasteiger partial charge in [-0.1, -0.05) is 25.5 Å². The van der Waals surface area contributed by atoms with Crippen molar-refractivity contribution in [3.8, 4) is 0 Å². The summed E-state index contributed by atoms with van der Waals surface area (Å²) in [4.78, 5) is 0. The minimum absolute atomic E-state index is 0.0381. The molecule has 0 amide bonds. The Hall–Kier alpha value is -0.460. The Morgan fingerprint density at radius 1 is 1.37 bits per heavy atom. The summed E-state index contributed by atoms with van der Waals surface area (Å²) in [6.07, 6.45) is 3.27. The monoisotopic (exact) mass is 274 g/mol. The second-order valence-corrected chi connectivity index (χ2v) is 5.18. The van der Waals surface area contributed by atoms with E-state index in [1.807, 2.05) is 13.8 Å². The Balaban J connectivity index is 2.55. The van der Waals surface area contributed by atoms with Crippen molar-refractivity contribution in [2.45, 2.75) is 63.1 Å². The fourth-order valence-corrected chi connectivity index (χ4v) is 2.38. The van der Waals surface area contributed by atoms with E-state index in [9.17, 15) is 10.2 Å². The van der Waals surface area contributed by atoms with Crippen LogP contribution in [-0.4, -0.2) is 59.1 Å². The Bertz CT molecular complexity index is 294. The standard InChI is InChI=1S/C14H26O5/c1-4-7-10(16)12(18-3)13-14(2,19-13)11(17)8-5-6-9-15/h5-6,10-13,15-17H,4,7-9H2,1-3H3/b6-5+/t10-,11-,12+,13+,14+/m0/s1. The summed E-state index contributed by atoms with van der Waals surface area (Å²) in [7, 11) is 1.55. The molecule has 0 aliphatic carbocycles. The van der Waals surface area contributed by atoms with Crippen molar-refractivity contribution < 1.29 is 24.8 Å². The molecule has 1 fully saturated rings. The number of rotatable bonds is 9. The molecule has 1 rings (SSSR count). The molecular weight excluding hydrogens is 248 g/mol. The molecule has 0 aromatic carbocycles. The van der Waals surface area contributed by atoms with Crippen molar-refractivity contribution in [1.82, 2.24) is 0 Å². The lowest BCUT2D eigenvalue weighted by molar-refractivity contribution is -0.0306. The zero-order chi connectivity index (χ0) is 14.5. The van der Waals surface area contributed by atoms with Crippen molar-refractivity contribution in [3.05, 3.63) is 12.2 Å². The van der Waals surface area contributed by atoms with E-state index in [1.54, 1.807) is 19.3 Å². The lowest BCUT2D eigenvalue weighted by Crippen LogP contribution is -2.39. The minimum Gasteiger partial charge on any atom is -0.392 e. The third-order valence-corrected chi connectivity index (χ3v) is 3.72. The lowest BCUT2D eigenvalue weighted by Gasteiger charge is -2.22. The van der Waals surface area contributed by atoms with Gasteiger partial charge in [-0.2, -0.15) is 0 Å². The van der Waals surface area contributed by atoms with E-state index in [1.165, 1.54) is 0 Å². The summed E-state index contributed by atoms with van der Waals surface area (Å²) in [5, 5.41) is 28.8. The molecule has 112 valence electrons. The number of aliphatic hydroxyl groups is 3. The van der Waals surface area contributed by atoms with Crippen molar-refractivity contribution in [3.63, 3.8) is 0 Å². The Morgan fingerprint density at radius 3 is 2.58 bits per heavy atom. The Morgan fingerprint density at radius 2 is 2.05 bits per heavy atom. The smallest absolute Gasteiger partial charge is 0.121 e. The number of ether oxygens (including phenoxy) is 2. The van der Waals surface area contributed by atoms with Crippen LogP contribution < -0.4 is 0 Å². The van der Waals surface area contributed by atoms with Crippen molar-refractivity contribution >= 4 is 0 Å². The predicted molar refractivity (Wildman–Crippen MR) is 71.8 cm³/mol. The SMILES string of the molecule is CCC[C@H](O)[C@@H](OC)[C@H]1O[C@]1(C)[C@@H](O)C/C=C/CO. The summed E-state index contributed by atoms with van der Waals surface area (Å²) in [6, 6.07) is 0. The summed E-state index contributed by atoms with van der Waals surface area (Å²) in [5.74, 6) is 0. The van der Waals surface area contributed by atoms with Crippen molar-refractivity contribution in [2.75, 3.05) is 13.7 Å². The first kappa shape index (κ1) is 16.6. The van der Waals surface area contributed by atoms with Crippen LogP contribution >= 0.6 is 0 Å². The van der Waals surface area contributed by atoms with Gasteiger partial charge in [-0.15, -0.1) is 0 Å². The normalized spacial score (nSPS) is 31.4. The lowest BCUT2D eigenvalue weighted by atomic mass is 9.92. The van der Waals surface area contributed by atoms with Gasteiger partial charge in [-0.05, 0) is 19.8 Å². The average Bonchev–Trinajstić information content (AvgIpc) is 3.04. The molecule has 5 heteroatoms. The van der Waals surface area contributed by atoms with E-state index in [4.69, 9.17) is 14.6 Å². The van der Waals surface area contributed by atoms with Gasteiger partial charge in [0.05, 0.1) is 18.8 Å². The van der Waals surface area contributed by atoms with Crippen LogP contribution in [0.2, 0.25) is 0 Å². The van der Waals surface area contributed by atoms with Gasteiger partial charge in [0.2, 0.25) is 0 Å². The highest BCUT2D eigenvalue weighted by Gasteiger charge is 2.61. The first-order chi connectivity index (χ1) is 9.01. The molecule has 0 aromatic heterocycles. The van der Waals surface area contributed by atoms with Crippen molar-refractivity contribution in [2.24, 2.45) is 0 Å². The van der Waals surface area contributed by atoms with Crippen LogP contribution in [0.1, 0.15) is 33.1 Å². The Labute approximate surface area is 114 Å². The molecule has 3 N–H and O–H groups in total. The van der Waals surface area contributed by atoms with Gasteiger partial charge in [0, 0.05) is 7.11 Å². The first-order valence-electron chi connectivity index (χ1n) is 6.83. The van der Waals surface area contributed by atoms with Crippen LogP contribution in [0.3, 0.4) is 0 Å². The molecule has 1 aliphatic rings. The van der Waals surface area contributed by atoms with Crippen LogP contribution in [0, 0.1) is 0 Å². The third kappa shape index (κ3) is 4.00. The molecule has 5 atom stereocenters. The minimum atomic E-state index is -0.685. The van der Waals surface area contributed by atoms with Gasteiger partial charge in [0.25, 0.3) is 0 Å². The highest BCUT2D eigenvalue weighted by atomic mass is 16.6. The van der Waals surface area contributed by atoms with E-state index in [2.05, 4.69) is 0 Å². The molecule has 5 nitrogen and oxygen atoms in total. The molecule has 0 unspecified atom stereocenters. The van der Waals surface area contributed by atoms with Crippen LogP contribution in [0.25, 0.3) is 0 Å². The van der Waals surface area contributed by atoms with Gasteiger partial charge in [0.15, 0.2) is 0 Å². The largest absolute Gasteiger partial charge is 0.392 e. The van der Waals surface area contributed by atoms with Gasteiger partial charge >= 0.3 is 0 Å².